The van der Waals surface area contributed by atoms with Crippen LogP contribution in [0, 0.1) is 0 Å². The average molecular weight is 254 g/mol. The van der Waals surface area contributed by atoms with E-state index >= 15 is 0 Å². The molecule has 0 bridgehead atoms. The van der Waals surface area contributed by atoms with Crippen LogP contribution in [0.25, 0.3) is 0 Å². The summed E-state index contributed by atoms with van der Waals surface area (Å²) in [7, 11) is 0. The summed E-state index contributed by atoms with van der Waals surface area (Å²) in [6.07, 6.45) is -2.15. The van der Waals surface area contributed by atoms with Crippen molar-refractivity contribution in [2.45, 2.75) is 31.5 Å². The SMILES string of the molecule is O=C(CNCC(F)(F)F)N1CCCC1CCO. The molecule has 1 aliphatic heterocycles. The van der Waals surface area contributed by atoms with Crippen molar-refractivity contribution in [3.8, 4) is 0 Å². The number of carbonyl (C=O) groups excluding carboxylic acids is 1. The normalized spacial score (nSPS) is 20.9. The molecule has 4 nitrogen and oxygen atoms in total. The van der Waals surface area contributed by atoms with E-state index in [1.165, 1.54) is 0 Å². The van der Waals surface area contributed by atoms with E-state index in [4.69, 9.17) is 5.11 Å². The second-order valence-electron chi connectivity index (χ2n) is 4.11. The topological polar surface area (TPSA) is 52.6 Å². The minimum Gasteiger partial charge on any atom is -0.396 e. The summed E-state index contributed by atoms with van der Waals surface area (Å²) < 4.78 is 35.6. The van der Waals surface area contributed by atoms with E-state index < -0.39 is 12.7 Å². The number of hydrogen-bond donors (Lipinski definition) is 2. The molecule has 1 fully saturated rings. The molecule has 0 aromatic carbocycles. The fourth-order valence-electron chi connectivity index (χ4n) is 2.03. The summed E-state index contributed by atoms with van der Waals surface area (Å²) >= 11 is 0. The van der Waals surface area contributed by atoms with Crippen LogP contribution in [-0.4, -0.2) is 54.4 Å². The molecule has 0 aromatic rings. The van der Waals surface area contributed by atoms with Gasteiger partial charge in [0.05, 0.1) is 13.1 Å². The van der Waals surface area contributed by atoms with Crippen molar-refractivity contribution in [3.63, 3.8) is 0 Å². The molecule has 1 unspecified atom stereocenters. The second-order valence-corrected chi connectivity index (χ2v) is 4.11. The summed E-state index contributed by atoms with van der Waals surface area (Å²) in [5.74, 6) is -0.329. The molecule has 2 N–H and O–H groups in total. The molecular weight excluding hydrogens is 237 g/mol. The summed E-state index contributed by atoms with van der Waals surface area (Å²) in [6, 6.07) is -0.0276. The molecule has 1 heterocycles. The molecule has 0 spiro atoms. The zero-order valence-corrected chi connectivity index (χ0v) is 9.46. The van der Waals surface area contributed by atoms with Gasteiger partial charge in [0.1, 0.15) is 0 Å². The molecule has 0 saturated carbocycles. The van der Waals surface area contributed by atoms with Crippen LogP contribution in [0.3, 0.4) is 0 Å². The lowest BCUT2D eigenvalue weighted by molar-refractivity contribution is -0.135. The fourth-order valence-corrected chi connectivity index (χ4v) is 2.03. The number of nitrogens with zero attached hydrogens (tertiary/aromatic N) is 1. The van der Waals surface area contributed by atoms with Gasteiger partial charge in [0.15, 0.2) is 0 Å². The van der Waals surface area contributed by atoms with Gasteiger partial charge in [-0.25, -0.2) is 0 Å². The highest BCUT2D eigenvalue weighted by Gasteiger charge is 2.30. The van der Waals surface area contributed by atoms with Gasteiger partial charge in [0.25, 0.3) is 0 Å². The van der Waals surface area contributed by atoms with Gasteiger partial charge in [-0.3, -0.25) is 4.79 Å². The van der Waals surface area contributed by atoms with Gasteiger partial charge in [-0.2, -0.15) is 13.2 Å². The largest absolute Gasteiger partial charge is 0.401 e. The number of alkyl halides is 3. The maximum atomic E-state index is 11.9. The van der Waals surface area contributed by atoms with Crippen molar-refractivity contribution in [1.29, 1.82) is 0 Å². The molecule has 100 valence electrons. The van der Waals surface area contributed by atoms with E-state index in [0.29, 0.717) is 13.0 Å². The minimum absolute atomic E-state index is 0.00950. The predicted octanol–water partition coefficient (Wildman–Crippen LogP) is 0.512. The predicted molar refractivity (Wildman–Crippen MR) is 55.4 cm³/mol. The number of hydrogen-bond acceptors (Lipinski definition) is 3. The molecule has 1 atom stereocenters. The van der Waals surface area contributed by atoms with Gasteiger partial charge in [-0.05, 0) is 19.3 Å². The molecule has 0 aliphatic carbocycles. The first-order chi connectivity index (χ1) is 7.94. The Hall–Kier alpha value is -0.820. The van der Waals surface area contributed by atoms with Crippen molar-refractivity contribution in [1.82, 2.24) is 10.2 Å². The van der Waals surface area contributed by atoms with Gasteiger partial charge >= 0.3 is 6.18 Å². The number of likely N-dealkylation sites (tertiary alicyclic amines) is 1. The summed E-state index contributed by atoms with van der Waals surface area (Å²) in [4.78, 5) is 13.2. The third-order valence-electron chi connectivity index (χ3n) is 2.76. The fraction of sp³-hybridized carbons (Fsp3) is 0.900. The molecule has 1 rings (SSSR count). The first-order valence-corrected chi connectivity index (χ1v) is 5.62. The lowest BCUT2D eigenvalue weighted by atomic mass is 10.1. The lowest BCUT2D eigenvalue weighted by Gasteiger charge is -2.24. The van der Waals surface area contributed by atoms with Crippen LogP contribution in [0.15, 0.2) is 0 Å². The Bertz CT molecular complexity index is 258. The Morgan fingerprint density at radius 1 is 1.47 bits per heavy atom. The molecular formula is C10H17F3N2O2. The Kier molecular flexibility index (Phi) is 5.20. The first-order valence-electron chi connectivity index (χ1n) is 5.62. The summed E-state index contributed by atoms with van der Waals surface area (Å²) in [5.41, 5.74) is 0. The molecule has 0 radical (unpaired) electrons. The number of halogens is 3. The van der Waals surface area contributed by atoms with E-state index in [-0.39, 0.29) is 25.1 Å². The zero-order valence-electron chi connectivity index (χ0n) is 9.46. The first kappa shape index (κ1) is 14.2. The Balaban J connectivity index is 2.31. The number of nitrogens with one attached hydrogen (secondary N) is 1. The molecule has 7 heteroatoms. The number of aliphatic hydroxyl groups excluding tert-OH is 1. The summed E-state index contributed by atoms with van der Waals surface area (Å²) in [6.45, 7) is -0.902. The molecule has 17 heavy (non-hydrogen) atoms. The third-order valence-corrected chi connectivity index (χ3v) is 2.76. The van der Waals surface area contributed by atoms with E-state index in [9.17, 15) is 18.0 Å². The van der Waals surface area contributed by atoms with Crippen molar-refractivity contribution in [2.75, 3.05) is 26.2 Å². The van der Waals surface area contributed by atoms with Gasteiger partial charge in [-0.15, -0.1) is 0 Å². The van der Waals surface area contributed by atoms with Crippen LogP contribution in [0.2, 0.25) is 0 Å². The molecule has 0 aromatic heterocycles. The zero-order chi connectivity index (χ0) is 12.9. The van der Waals surface area contributed by atoms with Crippen LogP contribution in [0.1, 0.15) is 19.3 Å². The standard InChI is InChI=1S/C10H17F3N2O2/c11-10(12,13)7-14-6-9(17)15-4-1-2-8(15)3-5-16/h8,14,16H,1-7H2. The monoisotopic (exact) mass is 254 g/mol. The maximum absolute atomic E-state index is 11.9. The van der Waals surface area contributed by atoms with E-state index in [1.54, 1.807) is 4.90 Å². The van der Waals surface area contributed by atoms with Crippen LogP contribution in [-0.2, 0) is 4.79 Å². The average Bonchev–Trinajstić information content (AvgIpc) is 2.64. The van der Waals surface area contributed by atoms with Crippen molar-refractivity contribution in [2.24, 2.45) is 0 Å². The van der Waals surface area contributed by atoms with Crippen molar-refractivity contribution < 1.29 is 23.1 Å². The van der Waals surface area contributed by atoms with Crippen molar-refractivity contribution in [3.05, 3.63) is 0 Å². The van der Waals surface area contributed by atoms with Gasteiger partial charge in [0.2, 0.25) is 5.91 Å². The van der Waals surface area contributed by atoms with Gasteiger partial charge < -0.3 is 15.3 Å². The van der Waals surface area contributed by atoms with Crippen LogP contribution in [0.5, 0.6) is 0 Å². The Morgan fingerprint density at radius 3 is 2.76 bits per heavy atom. The number of rotatable bonds is 5. The summed E-state index contributed by atoms with van der Waals surface area (Å²) in [5, 5.41) is 10.9. The highest BCUT2D eigenvalue weighted by atomic mass is 19.4. The van der Waals surface area contributed by atoms with Crippen LogP contribution >= 0.6 is 0 Å². The Labute approximate surface area is 97.8 Å². The molecule has 1 aliphatic rings. The van der Waals surface area contributed by atoms with Crippen LogP contribution in [0.4, 0.5) is 13.2 Å². The molecule has 1 saturated heterocycles. The third kappa shape index (κ3) is 4.91. The number of aliphatic hydroxyl groups is 1. The van der Waals surface area contributed by atoms with E-state index in [1.807, 2.05) is 0 Å². The lowest BCUT2D eigenvalue weighted by Crippen LogP contribution is -2.43. The number of carbonyl (C=O) groups is 1. The smallest absolute Gasteiger partial charge is 0.396 e. The number of amides is 1. The van der Waals surface area contributed by atoms with Crippen LogP contribution < -0.4 is 5.32 Å². The van der Waals surface area contributed by atoms with E-state index in [0.717, 1.165) is 12.8 Å². The minimum atomic E-state index is -4.30. The van der Waals surface area contributed by atoms with Gasteiger partial charge in [0, 0.05) is 19.2 Å². The second kappa shape index (κ2) is 6.20. The Morgan fingerprint density at radius 2 is 2.18 bits per heavy atom. The van der Waals surface area contributed by atoms with Gasteiger partial charge in [-0.1, -0.05) is 0 Å². The maximum Gasteiger partial charge on any atom is 0.401 e. The quantitative estimate of drug-likeness (QED) is 0.751. The highest BCUT2D eigenvalue weighted by molar-refractivity contribution is 5.78. The van der Waals surface area contributed by atoms with Crippen molar-refractivity contribution >= 4 is 5.91 Å². The molecule has 1 amide bonds. The van der Waals surface area contributed by atoms with E-state index in [2.05, 4.69) is 5.32 Å². The highest BCUT2D eigenvalue weighted by Crippen LogP contribution is 2.19.